The Hall–Kier alpha value is -0.770. The lowest BCUT2D eigenvalue weighted by Crippen LogP contribution is -2.39. The molecule has 18 heavy (non-hydrogen) atoms. The Morgan fingerprint density at radius 3 is 3.00 bits per heavy atom. The fraction of sp³-hybridized carbons (Fsp3) is 0.462. The van der Waals surface area contributed by atoms with Crippen LogP contribution in [0.4, 0.5) is 0 Å². The van der Waals surface area contributed by atoms with Crippen molar-refractivity contribution in [3.63, 3.8) is 0 Å². The molecule has 0 unspecified atom stereocenters. The lowest BCUT2D eigenvalue weighted by molar-refractivity contribution is 0.0737. The summed E-state index contributed by atoms with van der Waals surface area (Å²) in [7, 11) is 0. The molecule has 1 N–H and O–H groups in total. The minimum absolute atomic E-state index is 0.00120. The van der Waals surface area contributed by atoms with Crippen molar-refractivity contribution >= 4 is 29.1 Å². The lowest BCUT2D eigenvalue weighted by Gasteiger charge is -2.24. The lowest BCUT2D eigenvalue weighted by atomic mass is 10.0. The number of amides is 1. The zero-order chi connectivity index (χ0) is 12.7. The summed E-state index contributed by atoms with van der Waals surface area (Å²) in [6.07, 6.45) is 1.07. The van der Waals surface area contributed by atoms with E-state index in [9.17, 15) is 4.79 Å². The summed E-state index contributed by atoms with van der Waals surface area (Å²) in [5.74, 6) is 0.589. The number of carbonyl (C=O) groups excluding carboxylic acids is 1. The van der Waals surface area contributed by atoms with Gasteiger partial charge in [-0.1, -0.05) is 29.3 Å². The molecule has 2 atom stereocenters. The highest BCUT2D eigenvalue weighted by Crippen LogP contribution is 2.32. The normalized spacial score (nSPS) is 26.4. The van der Waals surface area contributed by atoms with E-state index in [0.717, 1.165) is 26.1 Å². The fourth-order valence-electron chi connectivity index (χ4n) is 2.93. The predicted octanol–water partition coefficient (Wildman–Crippen LogP) is 2.43. The number of hydrogen-bond acceptors (Lipinski definition) is 2. The topological polar surface area (TPSA) is 32.3 Å². The van der Waals surface area contributed by atoms with Crippen molar-refractivity contribution in [1.82, 2.24) is 10.2 Å². The van der Waals surface area contributed by atoms with E-state index in [-0.39, 0.29) is 5.91 Å². The van der Waals surface area contributed by atoms with Crippen molar-refractivity contribution in [3.8, 4) is 0 Å². The SMILES string of the molecule is O=C(c1cccc(Cl)c1Cl)N1CC[C@@H]2CNC[C@@H]21. The monoisotopic (exact) mass is 284 g/mol. The van der Waals surface area contributed by atoms with E-state index in [1.54, 1.807) is 18.2 Å². The summed E-state index contributed by atoms with van der Waals surface area (Å²) < 4.78 is 0. The first kappa shape index (κ1) is 12.3. The van der Waals surface area contributed by atoms with Gasteiger partial charge >= 0.3 is 0 Å². The maximum atomic E-state index is 12.5. The van der Waals surface area contributed by atoms with Gasteiger partial charge < -0.3 is 10.2 Å². The number of nitrogens with zero attached hydrogens (tertiary/aromatic N) is 1. The third kappa shape index (κ3) is 1.91. The molecular weight excluding hydrogens is 271 g/mol. The molecule has 96 valence electrons. The van der Waals surface area contributed by atoms with Crippen LogP contribution in [0.5, 0.6) is 0 Å². The fourth-order valence-corrected chi connectivity index (χ4v) is 3.31. The Bertz CT molecular complexity index is 492. The van der Waals surface area contributed by atoms with E-state index in [1.807, 2.05) is 4.90 Å². The summed E-state index contributed by atoms with van der Waals surface area (Å²) in [5.41, 5.74) is 0.511. The van der Waals surface area contributed by atoms with Crippen LogP contribution in [0.2, 0.25) is 10.0 Å². The predicted molar refractivity (Wildman–Crippen MR) is 72.3 cm³/mol. The highest BCUT2D eigenvalue weighted by atomic mass is 35.5. The second-order valence-electron chi connectivity index (χ2n) is 4.87. The van der Waals surface area contributed by atoms with E-state index in [4.69, 9.17) is 23.2 Å². The molecule has 1 aromatic rings. The van der Waals surface area contributed by atoms with E-state index < -0.39 is 0 Å². The minimum atomic E-state index is -0.00120. The molecule has 2 saturated heterocycles. The van der Waals surface area contributed by atoms with Gasteiger partial charge in [0, 0.05) is 25.7 Å². The molecule has 1 amide bonds. The average molecular weight is 285 g/mol. The number of benzene rings is 1. The van der Waals surface area contributed by atoms with Gasteiger partial charge in [0.25, 0.3) is 5.91 Å². The Morgan fingerprint density at radius 1 is 1.33 bits per heavy atom. The molecule has 1 aromatic carbocycles. The first-order valence-corrected chi connectivity index (χ1v) is 6.90. The quantitative estimate of drug-likeness (QED) is 0.859. The third-order valence-corrected chi connectivity index (χ3v) is 4.71. The summed E-state index contributed by atoms with van der Waals surface area (Å²) in [6, 6.07) is 5.52. The van der Waals surface area contributed by atoms with Crippen LogP contribution in [-0.4, -0.2) is 36.5 Å². The van der Waals surface area contributed by atoms with Gasteiger partial charge in [0.1, 0.15) is 0 Å². The first-order chi connectivity index (χ1) is 8.68. The van der Waals surface area contributed by atoms with Crippen LogP contribution in [-0.2, 0) is 0 Å². The number of carbonyl (C=O) groups is 1. The zero-order valence-corrected chi connectivity index (χ0v) is 11.3. The zero-order valence-electron chi connectivity index (χ0n) is 9.83. The van der Waals surface area contributed by atoms with Crippen LogP contribution in [0.15, 0.2) is 18.2 Å². The van der Waals surface area contributed by atoms with Gasteiger partial charge in [-0.3, -0.25) is 4.79 Å². The van der Waals surface area contributed by atoms with Crippen molar-refractivity contribution in [3.05, 3.63) is 33.8 Å². The molecule has 2 aliphatic rings. The Labute approximate surface area is 116 Å². The van der Waals surface area contributed by atoms with Crippen molar-refractivity contribution in [1.29, 1.82) is 0 Å². The van der Waals surface area contributed by atoms with E-state index in [1.165, 1.54) is 0 Å². The van der Waals surface area contributed by atoms with Crippen LogP contribution < -0.4 is 5.32 Å². The van der Waals surface area contributed by atoms with Crippen LogP contribution in [0, 0.1) is 5.92 Å². The average Bonchev–Trinajstić information content (AvgIpc) is 2.94. The molecular formula is C13H14Cl2N2O. The van der Waals surface area contributed by atoms with E-state index in [0.29, 0.717) is 27.6 Å². The number of nitrogens with one attached hydrogen (secondary N) is 1. The minimum Gasteiger partial charge on any atom is -0.334 e. The number of rotatable bonds is 1. The Kier molecular flexibility index (Phi) is 3.22. The van der Waals surface area contributed by atoms with Gasteiger partial charge in [-0.05, 0) is 24.5 Å². The van der Waals surface area contributed by atoms with Crippen LogP contribution in [0.3, 0.4) is 0 Å². The van der Waals surface area contributed by atoms with Gasteiger partial charge in [-0.25, -0.2) is 0 Å². The van der Waals surface area contributed by atoms with Gasteiger partial charge in [0.2, 0.25) is 0 Å². The molecule has 0 aromatic heterocycles. The molecule has 3 rings (SSSR count). The Balaban J connectivity index is 1.88. The molecule has 2 aliphatic heterocycles. The largest absolute Gasteiger partial charge is 0.334 e. The second kappa shape index (κ2) is 4.72. The standard InChI is InChI=1S/C13H14Cl2N2O/c14-10-3-1-2-9(12(10)15)13(18)17-5-4-8-6-16-7-11(8)17/h1-3,8,11,16H,4-7H2/t8-,11+/m1/s1. The van der Waals surface area contributed by atoms with Crippen LogP contribution >= 0.6 is 23.2 Å². The van der Waals surface area contributed by atoms with Crippen LogP contribution in [0.25, 0.3) is 0 Å². The van der Waals surface area contributed by atoms with Crippen LogP contribution in [0.1, 0.15) is 16.8 Å². The van der Waals surface area contributed by atoms with E-state index >= 15 is 0 Å². The van der Waals surface area contributed by atoms with Crippen molar-refractivity contribution in [2.75, 3.05) is 19.6 Å². The highest BCUT2D eigenvalue weighted by molar-refractivity contribution is 6.43. The highest BCUT2D eigenvalue weighted by Gasteiger charge is 2.40. The second-order valence-corrected chi connectivity index (χ2v) is 5.66. The van der Waals surface area contributed by atoms with Gasteiger partial charge in [0.05, 0.1) is 15.6 Å². The molecule has 0 aliphatic carbocycles. The molecule has 0 bridgehead atoms. The number of likely N-dealkylation sites (tertiary alicyclic amines) is 1. The maximum absolute atomic E-state index is 12.5. The van der Waals surface area contributed by atoms with Crippen molar-refractivity contribution in [2.24, 2.45) is 5.92 Å². The summed E-state index contributed by atoms with van der Waals surface area (Å²) >= 11 is 12.1. The summed E-state index contributed by atoms with van der Waals surface area (Å²) in [4.78, 5) is 14.5. The summed E-state index contributed by atoms with van der Waals surface area (Å²) in [6.45, 7) is 2.71. The summed E-state index contributed by atoms with van der Waals surface area (Å²) in [5, 5.41) is 4.13. The molecule has 2 fully saturated rings. The third-order valence-electron chi connectivity index (χ3n) is 3.89. The molecule has 0 radical (unpaired) electrons. The first-order valence-electron chi connectivity index (χ1n) is 6.14. The Morgan fingerprint density at radius 2 is 2.17 bits per heavy atom. The number of halogens is 2. The number of fused-ring (bicyclic) bond motifs is 1. The van der Waals surface area contributed by atoms with E-state index in [2.05, 4.69) is 5.32 Å². The smallest absolute Gasteiger partial charge is 0.255 e. The van der Waals surface area contributed by atoms with Gasteiger partial charge in [0.15, 0.2) is 0 Å². The van der Waals surface area contributed by atoms with Gasteiger partial charge in [-0.2, -0.15) is 0 Å². The van der Waals surface area contributed by atoms with Crippen molar-refractivity contribution in [2.45, 2.75) is 12.5 Å². The number of hydrogen-bond donors (Lipinski definition) is 1. The maximum Gasteiger partial charge on any atom is 0.255 e. The molecule has 0 spiro atoms. The molecule has 2 heterocycles. The van der Waals surface area contributed by atoms with Gasteiger partial charge in [-0.15, -0.1) is 0 Å². The van der Waals surface area contributed by atoms with Crippen molar-refractivity contribution < 1.29 is 4.79 Å². The molecule has 5 heteroatoms. The molecule has 3 nitrogen and oxygen atoms in total. The molecule has 0 saturated carbocycles.